The molecule has 2 nitrogen and oxygen atoms in total. The number of halogens is 3. The van der Waals surface area contributed by atoms with Gasteiger partial charge in [0.25, 0.3) is 0 Å². The van der Waals surface area contributed by atoms with E-state index in [1.54, 1.807) is 11.0 Å². The minimum absolute atomic E-state index is 0.227. The van der Waals surface area contributed by atoms with Crippen molar-refractivity contribution in [3.8, 4) is 0 Å². The molecule has 1 aliphatic rings. The van der Waals surface area contributed by atoms with E-state index in [1.165, 1.54) is 6.07 Å². The predicted octanol–water partition coefficient (Wildman–Crippen LogP) is 3.19. The van der Waals surface area contributed by atoms with E-state index in [0.717, 1.165) is 18.9 Å². The van der Waals surface area contributed by atoms with E-state index in [4.69, 9.17) is 5.11 Å². The van der Waals surface area contributed by atoms with E-state index in [2.05, 4.69) is 0 Å². The monoisotopic (exact) mass is 259 g/mol. The number of aliphatic hydroxyl groups excluding tert-OH is 1. The van der Waals surface area contributed by atoms with Gasteiger partial charge in [0.2, 0.25) is 0 Å². The molecule has 0 aliphatic heterocycles. The van der Waals surface area contributed by atoms with Gasteiger partial charge in [-0.1, -0.05) is 6.07 Å². The van der Waals surface area contributed by atoms with Crippen molar-refractivity contribution in [2.45, 2.75) is 38.6 Å². The summed E-state index contributed by atoms with van der Waals surface area (Å²) in [5.41, 5.74) is -0.134. The van der Waals surface area contributed by atoms with Crippen molar-refractivity contribution in [1.29, 1.82) is 0 Å². The number of aliphatic hydroxyl groups is 1. The highest BCUT2D eigenvalue weighted by Crippen LogP contribution is 2.41. The van der Waals surface area contributed by atoms with Gasteiger partial charge in [-0.25, -0.2) is 0 Å². The van der Waals surface area contributed by atoms with Crippen LogP contribution in [-0.2, 0) is 12.8 Å². The number of rotatable bonds is 4. The van der Waals surface area contributed by atoms with Crippen molar-refractivity contribution in [2.24, 2.45) is 0 Å². The summed E-state index contributed by atoms with van der Waals surface area (Å²) in [6.07, 6.45) is -2.48. The zero-order chi connectivity index (χ0) is 13.3. The zero-order valence-corrected chi connectivity index (χ0v) is 10.2. The summed E-state index contributed by atoms with van der Waals surface area (Å²) in [5.74, 6) is 0. The maximum atomic E-state index is 13.0. The molecule has 0 amide bonds. The fourth-order valence-corrected chi connectivity index (χ4v) is 2.17. The molecule has 1 N–H and O–H groups in total. The van der Waals surface area contributed by atoms with Gasteiger partial charge in [-0.3, -0.25) is 0 Å². The van der Waals surface area contributed by atoms with Crippen LogP contribution in [0.5, 0.6) is 0 Å². The van der Waals surface area contributed by atoms with E-state index in [9.17, 15) is 13.2 Å². The minimum Gasteiger partial charge on any atom is -0.392 e. The topological polar surface area (TPSA) is 23.5 Å². The third kappa shape index (κ3) is 2.61. The first-order valence-electron chi connectivity index (χ1n) is 6.05. The number of benzene rings is 1. The Morgan fingerprint density at radius 1 is 1.33 bits per heavy atom. The quantitative estimate of drug-likeness (QED) is 0.897. The van der Waals surface area contributed by atoms with Gasteiger partial charge in [0.15, 0.2) is 0 Å². The molecular weight excluding hydrogens is 243 g/mol. The fourth-order valence-electron chi connectivity index (χ4n) is 2.17. The molecule has 0 heterocycles. The van der Waals surface area contributed by atoms with Crippen LogP contribution >= 0.6 is 0 Å². The van der Waals surface area contributed by atoms with Gasteiger partial charge in [0.1, 0.15) is 0 Å². The van der Waals surface area contributed by atoms with Crippen molar-refractivity contribution >= 4 is 5.69 Å². The van der Waals surface area contributed by atoms with Crippen molar-refractivity contribution in [3.63, 3.8) is 0 Å². The Hall–Kier alpha value is -1.23. The lowest BCUT2D eigenvalue weighted by Crippen LogP contribution is -2.27. The fraction of sp³-hybridized carbons (Fsp3) is 0.538. The second-order valence-electron chi connectivity index (χ2n) is 4.52. The first-order valence-corrected chi connectivity index (χ1v) is 6.05. The lowest BCUT2D eigenvalue weighted by atomic mass is 10.1. The first kappa shape index (κ1) is 13.2. The summed E-state index contributed by atoms with van der Waals surface area (Å²) in [6, 6.07) is 4.29. The summed E-state index contributed by atoms with van der Waals surface area (Å²) < 4.78 is 39.1. The van der Waals surface area contributed by atoms with Crippen molar-refractivity contribution in [3.05, 3.63) is 29.3 Å². The average molecular weight is 259 g/mol. The zero-order valence-electron chi connectivity index (χ0n) is 10.2. The van der Waals surface area contributed by atoms with Gasteiger partial charge in [-0.2, -0.15) is 13.2 Å². The molecule has 0 unspecified atom stereocenters. The maximum Gasteiger partial charge on any atom is 0.418 e. The summed E-state index contributed by atoms with van der Waals surface area (Å²) in [5, 5.41) is 8.96. The first-order chi connectivity index (χ1) is 8.47. The Morgan fingerprint density at radius 3 is 2.44 bits per heavy atom. The molecule has 0 radical (unpaired) electrons. The van der Waals surface area contributed by atoms with Crippen LogP contribution in [0.3, 0.4) is 0 Å². The highest BCUT2D eigenvalue weighted by atomic mass is 19.4. The largest absolute Gasteiger partial charge is 0.418 e. The SMILES string of the molecule is CCN(c1ccc(CO)cc1C(F)(F)F)C1CC1. The van der Waals surface area contributed by atoms with Crippen LogP contribution in [0.25, 0.3) is 0 Å². The van der Waals surface area contributed by atoms with Crippen molar-refractivity contribution < 1.29 is 18.3 Å². The van der Waals surface area contributed by atoms with Crippen LogP contribution < -0.4 is 4.90 Å². The Balaban J connectivity index is 2.44. The molecule has 1 aliphatic carbocycles. The smallest absolute Gasteiger partial charge is 0.392 e. The molecule has 2 rings (SSSR count). The van der Waals surface area contributed by atoms with Crippen molar-refractivity contribution in [2.75, 3.05) is 11.4 Å². The molecule has 0 spiro atoms. The van der Waals surface area contributed by atoms with Gasteiger partial charge < -0.3 is 10.0 Å². The molecule has 0 saturated heterocycles. The van der Waals surface area contributed by atoms with Gasteiger partial charge in [-0.05, 0) is 37.5 Å². The standard InChI is InChI=1S/C13H16F3NO/c1-2-17(10-4-5-10)12-6-3-9(8-18)7-11(12)13(14,15)16/h3,6-7,10,18H,2,4-5,8H2,1H3. The van der Waals surface area contributed by atoms with Crippen LogP contribution in [-0.4, -0.2) is 17.7 Å². The summed E-state index contributed by atoms with van der Waals surface area (Å²) in [7, 11) is 0. The number of alkyl halides is 3. The van der Waals surface area contributed by atoms with E-state index >= 15 is 0 Å². The minimum atomic E-state index is -4.39. The van der Waals surface area contributed by atoms with Gasteiger partial charge in [0.05, 0.1) is 12.2 Å². The highest BCUT2D eigenvalue weighted by Gasteiger charge is 2.38. The van der Waals surface area contributed by atoms with E-state index < -0.39 is 11.7 Å². The van der Waals surface area contributed by atoms with Gasteiger partial charge in [0, 0.05) is 18.3 Å². The number of hydrogen-bond acceptors (Lipinski definition) is 2. The van der Waals surface area contributed by atoms with Gasteiger partial charge in [-0.15, -0.1) is 0 Å². The molecule has 1 fully saturated rings. The molecule has 1 saturated carbocycles. The van der Waals surface area contributed by atoms with Crippen LogP contribution in [0.2, 0.25) is 0 Å². The van der Waals surface area contributed by atoms with Gasteiger partial charge >= 0.3 is 6.18 Å². The molecule has 1 aromatic rings. The summed E-state index contributed by atoms with van der Waals surface area (Å²) in [6.45, 7) is 2.05. The Labute approximate surface area is 104 Å². The lowest BCUT2D eigenvalue weighted by molar-refractivity contribution is -0.137. The van der Waals surface area contributed by atoms with E-state index in [1.807, 2.05) is 6.92 Å². The summed E-state index contributed by atoms with van der Waals surface area (Å²) in [4.78, 5) is 1.80. The summed E-state index contributed by atoms with van der Waals surface area (Å²) >= 11 is 0. The molecule has 0 bridgehead atoms. The Bertz CT molecular complexity index is 427. The number of hydrogen-bond donors (Lipinski definition) is 1. The van der Waals surface area contributed by atoms with E-state index in [0.29, 0.717) is 6.54 Å². The number of nitrogens with zero attached hydrogens (tertiary/aromatic N) is 1. The average Bonchev–Trinajstić information content (AvgIpc) is 3.13. The Morgan fingerprint density at radius 2 is 2.00 bits per heavy atom. The lowest BCUT2D eigenvalue weighted by Gasteiger charge is -2.26. The molecule has 18 heavy (non-hydrogen) atoms. The Kier molecular flexibility index (Phi) is 3.52. The van der Waals surface area contributed by atoms with Crippen LogP contribution in [0, 0.1) is 0 Å². The van der Waals surface area contributed by atoms with Crippen LogP contribution in [0.15, 0.2) is 18.2 Å². The second kappa shape index (κ2) is 4.80. The predicted molar refractivity (Wildman–Crippen MR) is 63.4 cm³/mol. The van der Waals surface area contributed by atoms with Crippen LogP contribution in [0.1, 0.15) is 30.9 Å². The second-order valence-corrected chi connectivity index (χ2v) is 4.52. The molecule has 5 heteroatoms. The number of anilines is 1. The third-order valence-corrected chi connectivity index (χ3v) is 3.19. The normalized spacial score (nSPS) is 15.8. The third-order valence-electron chi connectivity index (χ3n) is 3.19. The maximum absolute atomic E-state index is 13.0. The van der Waals surface area contributed by atoms with E-state index in [-0.39, 0.29) is 23.9 Å². The van der Waals surface area contributed by atoms with Crippen LogP contribution in [0.4, 0.5) is 18.9 Å². The molecular formula is C13H16F3NO. The highest BCUT2D eigenvalue weighted by molar-refractivity contribution is 5.57. The molecule has 0 atom stereocenters. The van der Waals surface area contributed by atoms with Crippen molar-refractivity contribution in [1.82, 2.24) is 0 Å². The molecule has 1 aromatic carbocycles. The molecule has 0 aromatic heterocycles. The molecule has 100 valence electrons.